The van der Waals surface area contributed by atoms with E-state index in [4.69, 9.17) is 15.4 Å². The minimum atomic E-state index is -3.79. The van der Waals surface area contributed by atoms with Crippen molar-refractivity contribution in [2.24, 2.45) is 5.14 Å². The molecular weight excluding hydrogens is 342 g/mol. The van der Waals surface area contributed by atoms with Crippen molar-refractivity contribution in [2.75, 3.05) is 6.61 Å². The maximum absolute atomic E-state index is 10.5. The van der Waals surface area contributed by atoms with E-state index in [9.17, 15) is 8.42 Å². The van der Waals surface area contributed by atoms with Crippen LogP contribution < -0.4 is 5.14 Å². The first-order valence-corrected chi connectivity index (χ1v) is 10.3. The maximum atomic E-state index is 10.5. The summed E-state index contributed by atoms with van der Waals surface area (Å²) in [4.78, 5) is 0. The van der Waals surface area contributed by atoms with Crippen LogP contribution in [0.4, 0.5) is 0 Å². The van der Waals surface area contributed by atoms with E-state index in [0.29, 0.717) is 19.3 Å². The largest absolute Gasteiger partial charge is 0.366 e. The molecule has 0 saturated heterocycles. The number of nitrogens with two attached hydrogens (primary N) is 1. The number of hydrogen-bond acceptors (Lipinski definition) is 5. The molecule has 4 N–H and O–H groups in total. The summed E-state index contributed by atoms with van der Waals surface area (Å²) in [6, 6.07) is 7.98. The fraction of sp³-hybridized carbons (Fsp3) is 0.667. The van der Waals surface area contributed by atoms with Gasteiger partial charge in [0.25, 0.3) is 0 Å². The van der Waals surface area contributed by atoms with Gasteiger partial charge in [0.2, 0.25) is 0 Å². The minimum Gasteiger partial charge on any atom is -0.366 e. The Balaban J connectivity index is 0.000000483. The number of aryl methyl sites for hydroxylation is 2. The van der Waals surface area contributed by atoms with E-state index < -0.39 is 16.1 Å². The first-order chi connectivity index (χ1) is 11.7. The molecule has 25 heavy (non-hydrogen) atoms. The van der Waals surface area contributed by atoms with Crippen molar-refractivity contribution in [3.05, 3.63) is 35.4 Å². The quantitative estimate of drug-likeness (QED) is 0.541. The zero-order valence-corrected chi connectivity index (χ0v) is 16.4. The van der Waals surface area contributed by atoms with Gasteiger partial charge in [-0.05, 0) is 43.7 Å². The summed E-state index contributed by atoms with van der Waals surface area (Å²) in [5, 5.41) is 22.6. The van der Waals surface area contributed by atoms with Crippen molar-refractivity contribution >= 4 is 10.3 Å². The third kappa shape index (κ3) is 12.9. The highest BCUT2D eigenvalue weighted by atomic mass is 32.2. The Labute approximate surface area is 152 Å². The lowest BCUT2D eigenvalue weighted by Gasteiger charge is -2.25. The topological polar surface area (TPSA) is 110 Å². The zero-order valence-electron chi connectivity index (χ0n) is 15.6. The summed E-state index contributed by atoms with van der Waals surface area (Å²) in [6.45, 7) is 6.16. The summed E-state index contributed by atoms with van der Waals surface area (Å²) >= 11 is 0. The monoisotopic (exact) mass is 375 g/mol. The molecule has 0 radical (unpaired) electrons. The molecule has 1 aromatic rings. The average Bonchev–Trinajstić information content (AvgIpc) is 2.54. The van der Waals surface area contributed by atoms with Crippen LogP contribution in [0.15, 0.2) is 24.3 Å². The van der Waals surface area contributed by atoms with Crippen LogP contribution in [0.25, 0.3) is 0 Å². The van der Waals surface area contributed by atoms with Crippen molar-refractivity contribution < 1.29 is 22.8 Å². The molecule has 1 saturated carbocycles. The van der Waals surface area contributed by atoms with E-state index in [1.807, 2.05) is 45.0 Å². The van der Waals surface area contributed by atoms with Gasteiger partial charge >= 0.3 is 10.3 Å². The van der Waals surface area contributed by atoms with E-state index in [2.05, 4.69) is 4.18 Å². The Bertz CT molecular complexity index is 565. The summed E-state index contributed by atoms with van der Waals surface area (Å²) < 4.78 is 25.4. The molecule has 0 unspecified atom stereocenters. The van der Waals surface area contributed by atoms with Crippen LogP contribution in [0.5, 0.6) is 0 Å². The number of benzene rings is 1. The lowest BCUT2D eigenvalue weighted by atomic mass is 9.95. The molecular formula is C18H33NO5S. The molecule has 0 heterocycles. The molecule has 1 fully saturated rings. The predicted octanol–water partition coefficient (Wildman–Crippen LogP) is 2.81. The molecule has 1 aliphatic rings. The van der Waals surface area contributed by atoms with Gasteiger partial charge < -0.3 is 10.2 Å². The van der Waals surface area contributed by atoms with E-state index in [-0.39, 0.29) is 6.61 Å². The van der Waals surface area contributed by atoms with E-state index in [1.165, 1.54) is 11.1 Å². The lowest BCUT2D eigenvalue weighted by molar-refractivity contribution is -0.180. The molecule has 0 bridgehead atoms. The van der Waals surface area contributed by atoms with E-state index in [1.54, 1.807) is 0 Å². The molecule has 146 valence electrons. The SMILES string of the molecule is CC.Cc1ccccc1CCCOS(N)(=O)=O.OC1(O)CCCCC1. The normalized spacial score (nSPS) is 16.1. The van der Waals surface area contributed by atoms with Crippen LogP contribution in [0.2, 0.25) is 0 Å². The summed E-state index contributed by atoms with van der Waals surface area (Å²) in [5.41, 5.74) is 2.41. The highest BCUT2D eigenvalue weighted by Gasteiger charge is 2.24. The molecule has 2 rings (SSSR count). The molecule has 0 spiro atoms. The van der Waals surface area contributed by atoms with Gasteiger partial charge in [-0.1, -0.05) is 44.5 Å². The molecule has 0 atom stereocenters. The first-order valence-electron chi connectivity index (χ1n) is 8.86. The Morgan fingerprint density at radius 3 is 2.12 bits per heavy atom. The summed E-state index contributed by atoms with van der Waals surface area (Å²) in [5.74, 6) is -1.32. The van der Waals surface area contributed by atoms with Crippen molar-refractivity contribution in [3.8, 4) is 0 Å². The van der Waals surface area contributed by atoms with E-state index >= 15 is 0 Å². The Hall–Kier alpha value is -0.990. The van der Waals surface area contributed by atoms with Crippen molar-refractivity contribution in [2.45, 2.75) is 71.5 Å². The second-order valence-electron chi connectivity index (χ2n) is 5.89. The predicted molar refractivity (Wildman–Crippen MR) is 100 cm³/mol. The van der Waals surface area contributed by atoms with Gasteiger partial charge in [-0.3, -0.25) is 4.18 Å². The Morgan fingerprint density at radius 2 is 1.68 bits per heavy atom. The van der Waals surface area contributed by atoms with Gasteiger partial charge in [0.15, 0.2) is 5.79 Å². The summed E-state index contributed by atoms with van der Waals surface area (Å²) in [6.07, 6.45) is 5.65. The van der Waals surface area contributed by atoms with Gasteiger partial charge in [0, 0.05) is 12.8 Å². The summed E-state index contributed by atoms with van der Waals surface area (Å²) in [7, 11) is -3.79. The number of hydrogen-bond donors (Lipinski definition) is 3. The molecule has 6 nitrogen and oxygen atoms in total. The van der Waals surface area contributed by atoms with Crippen LogP contribution >= 0.6 is 0 Å². The average molecular weight is 376 g/mol. The lowest BCUT2D eigenvalue weighted by Crippen LogP contribution is -2.30. The van der Waals surface area contributed by atoms with Crippen molar-refractivity contribution in [1.29, 1.82) is 0 Å². The van der Waals surface area contributed by atoms with E-state index in [0.717, 1.165) is 25.7 Å². The van der Waals surface area contributed by atoms with Gasteiger partial charge in [-0.25, -0.2) is 5.14 Å². The minimum absolute atomic E-state index is 0.132. The van der Waals surface area contributed by atoms with Crippen LogP contribution in [-0.4, -0.2) is 31.0 Å². The van der Waals surface area contributed by atoms with Crippen LogP contribution in [-0.2, 0) is 20.9 Å². The molecule has 1 aromatic carbocycles. The standard InChI is InChI=1S/C10H15NO3S.C6H12O2.C2H6/c1-9-5-2-3-6-10(9)7-4-8-14-15(11,12)13;7-6(8)4-2-1-3-5-6;1-2/h2-3,5-6H,4,7-8H2,1H3,(H2,11,12,13);7-8H,1-5H2;1-2H3. The van der Waals surface area contributed by atoms with Gasteiger partial charge in [0.05, 0.1) is 6.61 Å². The Kier molecular flexibility index (Phi) is 11.9. The van der Waals surface area contributed by atoms with Gasteiger partial charge in [-0.2, -0.15) is 8.42 Å². The fourth-order valence-electron chi connectivity index (χ4n) is 2.45. The molecule has 0 aromatic heterocycles. The highest BCUT2D eigenvalue weighted by Crippen LogP contribution is 2.24. The van der Waals surface area contributed by atoms with Gasteiger partial charge in [0.1, 0.15) is 0 Å². The molecule has 0 aliphatic heterocycles. The van der Waals surface area contributed by atoms with Crippen molar-refractivity contribution in [1.82, 2.24) is 0 Å². The third-order valence-corrected chi connectivity index (χ3v) is 4.25. The number of aliphatic hydroxyl groups is 2. The third-order valence-electron chi connectivity index (χ3n) is 3.75. The fourth-order valence-corrected chi connectivity index (χ4v) is 2.80. The Morgan fingerprint density at radius 1 is 1.12 bits per heavy atom. The van der Waals surface area contributed by atoms with Crippen LogP contribution in [0, 0.1) is 6.92 Å². The van der Waals surface area contributed by atoms with Gasteiger partial charge in [-0.15, -0.1) is 0 Å². The second kappa shape index (κ2) is 12.4. The second-order valence-corrected chi connectivity index (χ2v) is 7.11. The highest BCUT2D eigenvalue weighted by molar-refractivity contribution is 7.84. The molecule has 7 heteroatoms. The number of rotatable bonds is 5. The zero-order chi connectivity index (χ0) is 19.3. The first kappa shape index (κ1) is 24.0. The van der Waals surface area contributed by atoms with Crippen molar-refractivity contribution in [3.63, 3.8) is 0 Å². The smallest absolute Gasteiger partial charge is 0.333 e. The van der Waals surface area contributed by atoms with Crippen LogP contribution in [0.1, 0.15) is 63.5 Å². The molecule has 0 amide bonds. The maximum Gasteiger partial charge on any atom is 0.333 e. The molecule has 1 aliphatic carbocycles. The van der Waals surface area contributed by atoms with Crippen LogP contribution in [0.3, 0.4) is 0 Å².